The van der Waals surface area contributed by atoms with Crippen LogP contribution in [0.1, 0.15) is 18.4 Å². The van der Waals surface area contributed by atoms with Crippen molar-refractivity contribution in [2.75, 3.05) is 13.1 Å². The Hall–Kier alpha value is -2.42. The maximum absolute atomic E-state index is 12.1. The number of hydrogen-bond donors (Lipinski definition) is 0. The molecule has 1 fully saturated rings. The molecule has 1 aromatic rings. The maximum atomic E-state index is 12.1. The van der Waals surface area contributed by atoms with Gasteiger partial charge in [0.15, 0.2) is 0 Å². The summed E-state index contributed by atoms with van der Waals surface area (Å²) in [6.45, 7) is -1.55. The third-order valence-electron chi connectivity index (χ3n) is 3.16. The number of nitriles is 1. The molecule has 2 rings (SSSR count). The summed E-state index contributed by atoms with van der Waals surface area (Å²) in [5.41, 5.74) is 0.625. The molecule has 0 N–H and O–H groups in total. The average molecular weight is 292 g/mol. The summed E-state index contributed by atoms with van der Waals surface area (Å²) in [5.74, 6) is -0.255. The fraction of sp³-hybridized carbons (Fsp3) is 0.333. The van der Waals surface area contributed by atoms with Crippen LogP contribution < -0.4 is 4.74 Å². The van der Waals surface area contributed by atoms with Crippen LogP contribution in [0.5, 0.6) is 5.75 Å². The molecule has 0 aliphatic carbocycles. The molecule has 4 nitrogen and oxygen atoms in total. The molecular weight excluding hydrogens is 278 g/mol. The van der Waals surface area contributed by atoms with Crippen LogP contribution in [0.15, 0.2) is 29.8 Å². The van der Waals surface area contributed by atoms with Crippen molar-refractivity contribution in [3.05, 3.63) is 35.4 Å². The summed E-state index contributed by atoms with van der Waals surface area (Å²) < 4.78 is 28.3. The Balaban J connectivity index is 2.12. The Morgan fingerprint density at radius 3 is 2.43 bits per heavy atom. The van der Waals surface area contributed by atoms with Crippen LogP contribution in [-0.4, -0.2) is 30.5 Å². The molecular formula is C15H14F2N2O2. The number of amides is 1. The van der Waals surface area contributed by atoms with Crippen LogP contribution in [0.25, 0.3) is 6.08 Å². The highest BCUT2D eigenvalue weighted by molar-refractivity contribution is 6.01. The monoisotopic (exact) mass is 292 g/mol. The molecule has 1 saturated heterocycles. The van der Waals surface area contributed by atoms with Gasteiger partial charge in [-0.2, -0.15) is 14.0 Å². The summed E-state index contributed by atoms with van der Waals surface area (Å²) >= 11 is 0. The quantitative estimate of drug-likeness (QED) is 0.633. The zero-order chi connectivity index (χ0) is 15.2. The molecule has 110 valence electrons. The topological polar surface area (TPSA) is 53.3 Å². The molecule has 0 aromatic heterocycles. The fourth-order valence-corrected chi connectivity index (χ4v) is 2.14. The third-order valence-corrected chi connectivity index (χ3v) is 3.16. The van der Waals surface area contributed by atoms with Crippen LogP contribution in [0.2, 0.25) is 0 Å². The molecule has 1 heterocycles. The number of benzene rings is 1. The van der Waals surface area contributed by atoms with Crippen LogP contribution in [0.4, 0.5) is 8.78 Å². The van der Waals surface area contributed by atoms with Crippen molar-refractivity contribution in [2.24, 2.45) is 0 Å². The Kier molecular flexibility index (Phi) is 4.88. The van der Waals surface area contributed by atoms with E-state index in [9.17, 15) is 13.6 Å². The number of alkyl halides is 2. The average Bonchev–Trinajstić information content (AvgIpc) is 2.99. The minimum absolute atomic E-state index is 0.0338. The smallest absolute Gasteiger partial charge is 0.387 e. The van der Waals surface area contributed by atoms with Gasteiger partial charge < -0.3 is 9.64 Å². The lowest BCUT2D eigenvalue weighted by Crippen LogP contribution is -2.28. The molecule has 6 heteroatoms. The summed E-state index contributed by atoms with van der Waals surface area (Å²) in [7, 11) is 0. The van der Waals surface area contributed by atoms with Gasteiger partial charge in [-0.1, -0.05) is 12.1 Å². The number of carbonyl (C=O) groups is 1. The minimum Gasteiger partial charge on any atom is -0.435 e. The van der Waals surface area contributed by atoms with E-state index in [0.717, 1.165) is 12.8 Å². The van der Waals surface area contributed by atoms with Crippen LogP contribution in [-0.2, 0) is 4.79 Å². The number of likely N-dealkylation sites (tertiary alicyclic amines) is 1. The first-order chi connectivity index (χ1) is 10.1. The first-order valence-corrected chi connectivity index (χ1v) is 6.56. The zero-order valence-corrected chi connectivity index (χ0v) is 11.3. The normalized spacial score (nSPS) is 15.1. The van der Waals surface area contributed by atoms with Gasteiger partial charge >= 0.3 is 6.61 Å². The molecule has 0 atom stereocenters. The molecule has 0 spiro atoms. The van der Waals surface area contributed by atoms with Crippen molar-refractivity contribution >= 4 is 12.0 Å². The second kappa shape index (κ2) is 6.84. The lowest BCUT2D eigenvalue weighted by molar-refractivity contribution is -0.125. The van der Waals surface area contributed by atoms with Crippen molar-refractivity contribution < 1.29 is 18.3 Å². The van der Waals surface area contributed by atoms with E-state index in [-0.39, 0.29) is 17.2 Å². The number of carbonyl (C=O) groups excluding carboxylic acids is 1. The number of halogens is 2. The van der Waals surface area contributed by atoms with Crippen molar-refractivity contribution in [3.63, 3.8) is 0 Å². The fourth-order valence-electron chi connectivity index (χ4n) is 2.14. The zero-order valence-electron chi connectivity index (χ0n) is 11.3. The van der Waals surface area contributed by atoms with E-state index in [1.54, 1.807) is 4.90 Å². The van der Waals surface area contributed by atoms with Gasteiger partial charge in [0.25, 0.3) is 5.91 Å². The Bertz CT molecular complexity index is 570. The largest absolute Gasteiger partial charge is 0.435 e. The van der Waals surface area contributed by atoms with E-state index in [1.807, 2.05) is 6.07 Å². The number of nitrogens with zero attached hydrogens (tertiary/aromatic N) is 2. The standard InChI is InChI=1S/C15H14F2N2O2/c16-15(17)21-13-5-3-11(4-6-13)9-12(10-18)14(20)19-7-1-2-8-19/h3-6,9,15H,1-2,7-8H2. The van der Waals surface area contributed by atoms with Gasteiger partial charge in [-0.05, 0) is 36.6 Å². The SMILES string of the molecule is N#CC(=Cc1ccc(OC(F)F)cc1)C(=O)N1CCCC1. The second-order valence-corrected chi connectivity index (χ2v) is 4.62. The highest BCUT2D eigenvalue weighted by Gasteiger charge is 2.21. The van der Waals surface area contributed by atoms with E-state index < -0.39 is 6.61 Å². The van der Waals surface area contributed by atoms with Crippen molar-refractivity contribution in [1.29, 1.82) is 5.26 Å². The Morgan fingerprint density at radius 1 is 1.29 bits per heavy atom. The predicted octanol–water partition coefficient (Wildman–Crippen LogP) is 2.82. The van der Waals surface area contributed by atoms with Crippen molar-refractivity contribution in [1.82, 2.24) is 4.90 Å². The lowest BCUT2D eigenvalue weighted by Gasteiger charge is -2.14. The second-order valence-electron chi connectivity index (χ2n) is 4.62. The molecule has 1 aromatic carbocycles. The first kappa shape index (κ1) is 15.0. The van der Waals surface area contributed by atoms with Gasteiger partial charge in [-0.25, -0.2) is 0 Å². The van der Waals surface area contributed by atoms with E-state index in [4.69, 9.17) is 5.26 Å². The van der Waals surface area contributed by atoms with Crippen LogP contribution in [0.3, 0.4) is 0 Å². The van der Waals surface area contributed by atoms with Crippen LogP contribution >= 0.6 is 0 Å². The van der Waals surface area contributed by atoms with Gasteiger partial charge in [-0.3, -0.25) is 4.79 Å². The summed E-state index contributed by atoms with van der Waals surface area (Å²) in [4.78, 5) is 13.7. The first-order valence-electron chi connectivity index (χ1n) is 6.56. The molecule has 0 bridgehead atoms. The number of rotatable bonds is 4. The summed E-state index contributed by atoms with van der Waals surface area (Å²) in [5, 5.41) is 9.10. The van der Waals surface area contributed by atoms with Gasteiger partial charge in [0.1, 0.15) is 17.4 Å². The van der Waals surface area contributed by atoms with E-state index in [2.05, 4.69) is 4.74 Å². The van der Waals surface area contributed by atoms with Gasteiger partial charge in [-0.15, -0.1) is 0 Å². The third kappa shape index (κ3) is 4.02. The minimum atomic E-state index is -2.88. The highest BCUT2D eigenvalue weighted by Crippen LogP contribution is 2.18. The maximum Gasteiger partial charge on any atom is 0.387 e. The predicted molar refractivity (Wildman–Crippen MR) is 72.5 cm³/mol. The molecule has 1 amide bonds. The molecule has 1 aliphatic heterocycles. The number of hydrogen-bond acceptors (Lipinski definition) is 3. The molecule has 0 saturated carbocycles. The lowest BCUT2D eigenvalue weighted by atomic mass is 10.1. The molecule has 1 aliphatic rings. The van der Waals surface area contributed by atoms with Crippen molar-refractivity contribution in [2.45, 2.75) is 19.5 Å². The molecule has 0 radical (unpaired) electrons. The Labute approximate surface area is 121 Å². The van der Waals surface area contributed by atoms with Crippen LogP contribution in [0, 0.1) is 11.3 Å². The van der Waals surface area contributed by atoms with E-state index in [1.165, 1.54) is 30.3 Å². The summed E-state index contributed by atoms with van der Waals surface area (Å²) in [6.07, 6.45) is 3.35. The van der Waals surface area contributed by atoms with Gasteiger partial charge in [0, 0.05) is 13.1 Å². The van der Waals surface area contributed by atoms with Gasteiger partial charge in [0.2, 0.25) is 0 Å². The van der Waals surface area contributed by atoms with E-state index >= 15 is 0 Å². The Morgan fingerprint density at radius 2 is 1.90 bits per heavy atom. The summed E-state index contributed by atoms with van der Waals surface area (Å²) in [6, 6.07) is 7.67. The molecule has 0 unspecified atom stereocenters. The molecule has 21 heavy (non-hydrogen) atoms. The van der Waals surface area contributed by atoms with E-state index in [0.29, 0.717) is 18.7 Å². The number of ether oxygens (including phenoxy) is 1. The highest BCUT2D eigenvalue weighted by atomic mass is 19.3. The van der Waals surface area contributed by atoms with Crippen molar-refractivity contribution in [3.8, 4) is 11.8 Å². The van der Waals surface area contributed by atoms with Gasteiger partial charge in [0.05, 0.1) is 0 Å².